The molecule has 1 rings (SSSR count). The Hall–Kier alpha value is 0.160. The maximum Gasteiger partial charge on any atom is 0.310 e. The van der Waals surface area contributed by atoms with Gasteiger partial charge in [0.2, 0.25) is 0 Å². The van der Waals surface area contributed by atoms with Crippen LogP contribution < -0.4 is 3.53 Å². The lowest BCUT2D eigenvalue weighted by molar-refractivity contribution is -0.159. The van der Waals surface area contributed by atoms with Crippen LogP contribution in [0.5, 0.6) is 0 Å². The van der Waals surface area contributed by atoms with E-state index in [0.717, 1.165) is 12.8 Å². The van der Waals surface area contributed by atoms with Crippen molar-refractivity contribution in [2.24, 2.45) is 5.92 Å². The van der Waals surface area contributed by atoms with E-state index in [0.29, 0.717) is 0 Å². The van der Waals surface area contributed by atoms with E-state index in [1.807, 2.05) is 29.8 Å². The van der Waals surface area contributed by atoms with Crippen LogP contribution in [-0.4, -0.2) is 12.2 Å². The van der Waals surface area contributed by atoms with E-state index in [1.165, 1.54) is 0 Å². The maximum atomic E-state index is 10.9. The zero-order valence-electron chi connectivity index (χ0n) is 5.76. The molecule has 0 aromatic heterocycles. The number of hydrogen-bond acceptors (Lipinski definition) is 3. The Labute approximate surface area is 74.0 Å². The van der Waals surface area contributed by atoms with Crippen LogP contribution in [0.15, 0.2) is 0 Å². The standard InChI is InChI=1S/C6H10INO2/c1-4-2-3-5(8-7)10-6(4)9/h4-5,8H,2-3H2,1H3. The summed E-state index contributed by atoms with van der Waals surface area (Å²) >= 11 is 2.00. The van der Waals surface area contributed by atoms with Crippen LogP contribution in [0.3, 0.4) is 0 Å². The number of carbonyl (C=O) groups is 1. The molecule has 10 heavy (non-hydrogen) atoms. The molecule has 1 N–H and O–H groups in total. The van der Waals surface area contributed by atoms with Crippen molar-refractivity contribution in [3.63, 3.8) is 0 Å². The Morgan fingerprint density at radius 3 is 2.90 bits per heavy atom. The normalized spacial score (nSPS) is 33.6. The van der Waals surface area contributed by atoms with Crippen molar-refractivity contribution in [1.82, 2.24) is 3.53 Å². The van der Waals surface area contributed by atoms with Crippen LogP contribution in [0.25, 0.3) is 0 Å². The van der Waals surface area contributed by atoms with Crippen molar-refractivity contribution in [3.05, 3.63) is 0 Å². The molecule has 1 heterocycles. The number of ether oxygens (including phenoxy) is 1. The summed E-state index contributed by atoms with van der Waals surface area (Å²) in [5, 5.41) is 0. The Morgan fingerprint density at radius 1 is 1.70 bits per heavy atom. The number of rotatable bonds is 1. The molecule has 4 heteroatoms. The van der Waals surface area contributed by atoms with Crippen LogP contribution in [0.4, 0.5) is 0 Å². The first kappa shape index (κ1) is 8.26. The number of halogens is 1. The highest BCUT2D eigenvalue weighted by Crippen LogP contribution is 2.18. The first-order valence-corrected chi connectivity index (χ1v) is 4.38. The van der Waals surface area contributed by atoms with Crippen molar-refractivity contribution < 1.29 is 9.53 Å². The topological polar surface area (TPSA) is 38.3 Å². The van der Waals surface area contributed by atoms with E-state index >= 15 is 0 Å². The predicted molar refractivity (Wildman–Crippen MR) is 45.4 cm³/mol. The molecular weight excluding hydrogens is 245 g/mol. The average molecular weight is 255 g/mol. The van der Waals surface area contributed by atoms with Gasteiger partial charge in [0.15, 0.2) is 6.23 Å². The van der Waals surface area contributed by atoms with E-state index < -0.39 is 0 Å². The lowest BCUT2D eigenvalue weighted by Crippen LogP contribution is -2.35. The van der Waals surface area contributed by atoms with E-state index in [9.17, 15) is 4.79 Å². The summed E-state index contributed by atoms with van der Waals surface area (Å²) in [7, 11) is 0. The van der Waals surface area contributed by atoms with Gasteiger partial charge in [0.25, 0.3) is 0 Å². The van der Waals surface area contributed by atoms with Crippen LogP contribution in [0, 0.1) is 5.92 Å². The molecule has 3 nitrogen and oxygen atoms in total. The Bertz CT molecular complexity index is 140. The third-order valence-electron chi connectivity index (χ3n) is 1.64. The van der Waals surface area contributed by atoms with Gasteiger partial charge in [0.1, 0.15) is 0 Å². The minimum atomic E-state index is -0.0829. The molecule has 58 valence electrons. The van der Waals surface area contributed by atoms with Crippen LogP contribution >= 0.6 is 22.9 Å². The molecule has 1 aliphatic heterocycles. The SMILES string of the molecule is CC1CCC(NI)OC1=O. The zero-order chi connectivity index (χ0) is 7.56. The number of carbonyl (C=O) groups excluding carboxylic acids is 1. The quantitative estimate of drug-likeness (QED) is 0.435. The number of nitrogens with one attached hydrogen (secondary N) is 1. The summed E-state index contributed by atoms with van der Waals surface area (Å²) in [6.45, 7) is 1.89. The molecule has 0 aromatic rings. The van der Waals surface area contributed by atoms with Gasteiger partial charge in [0, 0.05) is 22.9 Å². The molecule has 0 radical (unpaired) electrons. The Kier molecular flexibility index (Phi) is 2.91. The van der Waals surface area contributed by atoms with Crippen molar-refractivity contribution in [1.29, 1.82) is 0 Å². The van der Waals surface area contributed by atoms with E-state index in [2.05, 4.69) is 3.53 Å². The van der Waals surface area contributed by atoms with Gasteiger partial charge in [-0.3, -0.25) is 4.79 Å². The zero-order valence-corrected chi connectivity index (χ0v) is 7.92. The Morgan fingerprint density at radius 2 is 2.40 bits per heavy atom. The fourth-order valence-corrected chi connectivity index (χ4v) is 1.35. The summed E-state index contributed by atoms with van der Waals surface area (Å²) in [5.74, 6) is 0.00131. The summed E-state index contributed by atoms with van der Waals surface area (Å²) in [4.78, 5) is 10.9. The van der Waals surface area contributed by atoms with Gasteiger partial charge in [-0.25, -0.2) is 3.53 Å². The fraction of sp³-hybridized carbons (Fsp3) is 0.833. The fourth-order valence-electron chi connectivity index (χ4n) is 0.911. The van der Waals surface area contributed by atoms with Gasteiger partial charge in [0.05, 0.1) is 5.92 Å². The smallest absolute Gasteiger partial charge is 0.310 e. The van der Waals surface area contributed by atoms with Crippen LogP contribution in [-0.2, 0) is 9.53 Å². The average Bonchev–Trinajstić information content (AvgIpc) is 1.95. The molecule has 1 saturated heterocycles. The van der Waals surface area contributed by atoms with Gasteiger partial charge in [-0.15, -0.1) is 0 Å². The van der Waals surface area contributed by atoms with Crippen LogP contribution in [0.1, 0.15) is 19.8 Å². The molecule has 2 unspecified atom stereocenters. The van der Waals surface area contributed by atoms with Gasteiger partial charge in [-0.1, -0.05) is 6.92 Å². The number of esters is 1. The summed E-state index contributed by atoms with van der Waals surface area (Å²) in [6, 6.07) is 0. The molecule has 0 aromatic carbocycles. The second kappa shape index (κ2) is 3.52. The van der Waals surface area contributed by atoms with Crippen LogP contribution in [0.2, 0.25) is 0 Å². The minimum absolute atomic E-state index is 0.0655. The highest BCUT2D eigenvalue weighted by molar-refractivity contribution is 14.1. The van der Waals surface area contributed by atoms with E-state index in [1.54, 1.807) is 0 Å². The molecule has 0 aliphatic carbocycles. The van der Waals surface area contributed by atoms with E-state index in [-0.39, 0.29) is 18.1 Å². The lowest BCUT2D eigenvalue weighted by atomic mass is 10.0. The molecule has 0 bridgehead atoms. The molecule has 2 atom stereocenters. The highest BCUT2D eigenvalue weighted by atomic mass is 127. The maximum absolute atomic E-state index is 10.9. The molecular formula is C6H10INO2. The molecule has 1 fully saturated rings. The second-order valence-corrected chi connectivity index (χ2v) is 3.14. The largest absolute Gasteiger partial charge is 0.446 e. The van der Waals surface area contributed by atoms with Gasteiger partial charge in [-0.2, -0.15) is 0 Å². The number of cyclic esters (lactones) is 1. The predicted octanol–water partition coefficient (Wildman–Crippen LogP) is 1.23. The summed E-state index contributed by atoms with van der Waals surface area (Å²) < 4.78 is 7.87. The highest BCUT2D eigenvalue weighted by Gasteiger charge is 2.25. The monoisotopic (exact) mass is 255 g/mol. The third-order valence-corrected chi connectivity index (χ3v) is 2.34. The summed E-state index contributed by atoms with van der Waals surface area (Å²) in [5.41, 5.74) is 0. The first-order valence-electron chi connectivity index (χ1n) is 3.30. The van der Waals surface area contributed by atoms with Gasteiger partial charge in [-0.05, 0) is 12.8 Å². The molecule has 0 amide bonds. The van der Waals surface area contributed by atoms with Crippen molar-refractivity contribution in [2.75, 3.05) is 0 Å². The van der Waals surface area contributed by atoms with Gasteiger partial charge >= 0.3 is 5.97 Å². The summed E-state index contributed by atoms with van der Waals surface area (Å²) in [6.07, 6.45) is 1.79. The molecule has 0 saturated carbocycles. The van der Waals surface area contributed by atoms with Crippen molar-refractivity contribution in [2.45, 2.75) is 26.0 Å². The van der Waals surface area contributed by atoms with E-state index in [4.69, 9.17) is 4.74 Å². The second-order valence-electron chi connectivity index (χ2n) is 2.51. The first-order chi connectivity index (χ1) is 4.74. The lowest BCUT2D eigenvalue weighted by Gasteiger charge is -2.24. The minimum Gasteiger partial charge on any atom is -0.446 e. The van der Waals surface area contributed by atoms with Gasteiger partial charge < -0.3 is 4.74 Å². The molecule has 0 spiro atoms. The number of hydrogen-bond donors (Lipinski definition) is 1. The van der Waals surface area contributed by atoms with Crippen molar-refractivity contribution in [3.8, 4) is 0 Å². The Balaban J connectivity index is 2.41. The molecule has 1 aliphatic rings. The third kappa shape index (κ3) is 1.82. The van der Waals surface area contributed by atoms with Crippen molar-refractivity contribution >= 4 is 28.8 Å².